The van der Waals surface area contributed by atoms with Gasteiger partial charge in [-0.15, -0.1) is 0 Å². The number of rotatable bonds is 7. The summed E-state index contributed by atoms with van der Waals surface area (Å²) in [4.78, 5) is 0. The molecule has 0 N–H and O–H groups in total. The summed E-state index contributed by atoms with van der Waals surface area (Å²) in [6, 6.07) is 0. The van der Waals surface area contributed by atoms with Gasteiger partial charge in [0.1, 0.15) is 0 Å². The van der Waals surface area contributed by atoms with E-state index in [1.165, 1.54) is 0 Å². The quantitative estimate of drug-likeness (QED) is 0.350. The maximum atomic E-state index is 12.8. The summed E-state index contributed by atoms with van der Waals surface area (Å²) in [5, 5.41) is 0. The van der Waals surface area contributed by atoms with E-state index in [1.54, 1.807) is 0 Å². The topological polar surface area (TPSA) is 40.1 Å². The summed E-state index contributed by atoms with van der Waals surface area (Å²) in [6.07, 6.45) is -5.59. The Morgan fingerprint density at radius 1 is 0.783 bits per heavy atom. The molecule has 0 aromatic rings. The third-order valence-corrected chi connectivity index (χ3v) is 2.84. The van der Waals surface area contributed by atoms with Crippen molar-refractivity contribution in [2.75, 3.05) is 5.75 Å². The van der Waals surface area contributed by atoms with Gasteiger partial charge in [0.15, 0.2) is 0 Å². The second kappa shape index (κ2) is 7.25. The van der Waals surface area contributed by atoms with Crippen LogP contribution in [0.15, 0.2) is 0 Å². The molecule has 1 unspecified atom stereocenters. The molecular formula is C7H3F12NaO2S. The minimum absolute atomic E-state index is 0. The average molecular weight is 402 g/mol. The van der Waals surface area contributed by atoms with E-state index < -0.39 is 52.9 Å². The van der Waals surface area contributed by atoms with Gasteiger partial charge in [-0.25, -0.2) is 8.78 Å². The number of hydrogen-bond donors (Lipinski definition) is 0. The van der Waals surface area contributed by atoms with Gasteiger partial charge in [0.25, 0.3) is 0 Å². The van der Waals surface area contributed by atoms with Gasteiger partial charge in [-0.1, -0.05) is 0 Å². The second-order valence-electron chi connectivity index (χ2n) is 3.80. The number of hydrogen-bond acceptors (Lipinski definition) is 2. The van der Waals surface area contributed by atoms with E-state index in [2.05, 4.69) is 0 Å². The molecule has 0 heterocycles. The zero-order valence-corrected chi connectivity index (χ0v) is 13.4. The predicted molar refractivity (Wildman–Crippen MR) is 44.5 cm³/mol. The second-order valence-corrected chi connectivity index (χ2v) is 4.70. The van der Waals surface area contributed by atoms with E-state index in [0.29, 0.717) is 0 Å². The van der Waals surface area contributed by atoms with Gasteiger partial charge in [0, 0.05) is 0 Å². The summed E-state index contributed by atoms with van der Waals surface area (Å²) >= 11 is -4.17. The van der Waals surface area contributed by atoms with Crippen molar-refractivity contribution in [1.82, 2.24) is 0 Å². The molecule has 0 spiro atoms. The third kappa shape index (κ3) is 4.10. The molecule has 1 atom stereocenters. The third-order valence-electron chi connectivity index (χ3n) is 2.24. The van der Waals surface area contributed by atoms with Gasteiger partial charge < -0.3 is 4.55 Å². The normalized spacial score (nSPS) is 16.3. The van der Waals surface area contributed by atoms with Crippen LogP contribution in [0.25, 0.3) is 0 Å². The molecule has 134 valence electrons. The Kier molecular flexibility index (Phi) is 8.04. The summed E-state index contributed by atoms with van der Waals surface area (Å²) < 4.78 is 169. The Labute approximate surface area is 144 Å². The van der Waals surface area contributed by atoms with Crippen molar-refractivity contribution < 1.29 is 91.0 Å². The van der Waals surface area contributed by atoms with E-state index in [0.717, 1.165) is 0 Å². The Morgan fingerprint density at radius 3 is 1.39 bits per heavy atom. The Hall–Kier alpha value is 0.270. The number of halogens is 12. The molecule has 2 nitrogen and oxygen atoms in total. The molecule has 0 aromatic heterocycles. The van der Waals surface area contributed by atoms with Gasteiger partial charge in [-0.05, 0) is 11.1 Å². The van der Waals surface area contributed by atoms with Gasteiger partial charge >= 0.3 is 65.6 Å². The molecule has 0 saturated heterocycles. The molecule has 23 heavy (non-hydrogen) atoms. The van der Waals surface area contributed by atoms with Crippen molar-refractivity contribution in [1.29, 1.82) is 0 Å². The maximum absolute atomic E-state index is 12.8. The maximum Gasteiger partial charge on any atom is 1.00 e. The van der Waals surface area contributed by atoms with Crippen LogP contribution in [0.1, 0.15) is 0 Å². The fourth-order valence-electron chi connectivity index (χ4n) is 1.01. The summed E-state index contributed by atoms with van der Waals surface area (Å²) in [7, 11) is 0. The molecule has 0 fully saturated rings. The average Bonchev–Trinajstić information content (AvgIpc) is 2.25. The van der Waals surface area contributed by atoms with Crippen LogP contribution in [0.3, 0.4) is 0 Å². The molecule has 0 rings (SSSR count). The SMILES string of the molecule is O=S([O-])CC(F)(F)C(F)(F)C(F)(F)C(F)(F)C(F)(F)C(F)F.[Na+]. The smallest absolute Gasteiger partial charge is 0.772 e. The Balaban J connectivity index is 0. The van der Waals surface area contributed by atoms with Crippen LogP contribution in [0.4, 0.5) is 52.7 Å². The van der Waals surface area contributed by atoms with Gasteiger partial charge in [0.05, 0.1) is 5.75 Å². The fraction of sp³-hybridized carbons (Fsp3) is 1.00. The van der Waals surface area contributed by atoms with Crippen LogP contribution in [0.5, 0.6) is 0 Å². The van der Waals surface area contributed by atoms with Crippen LogP contribution < -0.4 is 29.6 Å². The predicted octanol–water partition coefficient (Wildman–Crippen LogP) is 0.311. The van der Waals surface area contributed by atoms with Crippen molar-refractivity contribution >= 4 is 11.1 Å². The van der Waals surface area contributed by atoms with Crippen LogP contribution in [0.2, 0.25) is 0 Å². The van der Waals surface area contributed by atoms with Crippen molar-refractivity contribution in [3.63, 3.8) is 0 Å². The summed E-state index contributed by atoms with van der Waals surface area (Å²) in [5.74, 6) is -39.3. The van der Waals surface area contributed by atoms with Crippen LogP contribution in [-0.2, 0) is 11.1 Å². The first-order valence-corrected chi connectivity index (χ1v) is 5.83. The van der Waals surface area contributed by atoms with Gasteiger partial charge in [0.2, 0.25) is 0 Å². The van der Waals surface area contributed by atoms with E-state index in [4.69, 9.17) is 0 Å². The van der Waals surface area contributed by atoms with Gasteiger partial charge in [-0.2, -0.15) is 43.9 Å². The standard InChI is InChI=1S/C7H4F12O2S.Na/c8-2(9)4(12,13)6(16,17)7(18,19)5(14,15)3(10,11)1-22(20)21;/h2H,1H2,(H,20,21);/q;+1/p-1. The summed E-state index contributed by atoms with van der Waals surface area (Å²) in [6.45, 7) is 0. The van der Waals surface area contributed by atoms with Crippen molar-refractivity contribution in [3.8, 4) is 0 Å². The fourth-order valence-corrected chi connectivity index (χ4v) is 1.49. The van der Waals surface area contributed by atoms with E-state index >= 15 is 0 Å². The van der Waals surface area contributed by atoms with Crippen molar-refractivity contribution in [2.45, 2.75) is 36.0 Å². The largest absolute Gasteiger partial charge is 1.00 e. The van der Waals surface area contributed by atoms with Crippen molar-refractivity contribution in [3.05, 3.63) is 0 Å². The molecule has 16 heteroatoms. The van der Waals surface area contributed by atoms with Gasteiger partial charge in [-0.3, -0.25) is 4.21 Å². The monoisotopic (exact) mass is 402 g/mol. The van der Waals surface area contributed by atoms with Crippen molar-refractivity contribution in [2.24, 2.45) is 0 Å². The molecule has 0 aliphatic rings. The molecule has 0 aliphatic carbocycles. The molecule has 0 aliphatic heterocycles. The van der Waals surface area contributed by atoms with Crippen LogP contribution in [-0.4, -0.2) is 50.6 Å². The Bertz CT molecular complexity index is 439. The van der Waals surface area contributed by atoms with Crippen LogP contribution in [0, 0.1) is 0 Å². The molecule has 0 bridgehead atoms. The molecule has 0 aromatic carbocycles. The van der Waals surface area contributed by atoms with E-state index in [9.17, 15) is 61.4 Å². The summed E-state index contributed by atoms with van der Waals surface area (Å²) in [5.41, 5.74) is 0. The molecule has 0 amide bonds. The Morgan fingerprint density at radius 2 is 1.13 bits per heavy atom. The molecule has 0 radical (unpaired) electrons. The van der Waals surface area contributed by atoms with E-state index in [-0.39, 0.29) is 29.6 Å². The van der Waals surface area contributed by atoms with E-state index in [1.807, 2.05) is 0 Å². The zero-order chi connectivity index (χ0) is 18.4. The molecule has 0 saturated carbocycles. The first kappa shape index (κ1) is 25.5. The zero-order valence-electron chi connectivity index (χ0n) is 10.5. The first-order valence-electron chi connectivity index (χ1n) is 4.59. The first-order chi connectivity index (χ1) is 9.36. The number of alkyl halides is 12. The van der Waals surface area contributed by atoms with Crippen LogP contribution >= 0.6 is 0 Å². The minimum Gasteiger partial charge on any atom is -0.772 e. The minimum atomic E-state index is -7.69. The molecular weight excluding hydrogens is 399 g/mol.